The van der Waals surface area contributed by atoms with Gasteiger partial charge in [0.15, 0.2) is 11.5 Å². The summed E-state index contributed by atoms with van der Waals surface area (Å²) < 4.78 is 44.7. The van der Waals surface area contributed by atoms with E-state index in [-0.39, 0.29) is 23.9 Å². The van der Waals surface area contributed by atoms with Gasteiger partial charge in [-0.1, -0.05) is 12.5 Å². The maximum absolute atomic E-state index is 12.0. The van der Waals surface area contributed by atoms with Crippen LogP contribution in [0.5, 0.6) is 17.2 Å². The second kappa shape index (κ2) is 7.55. The van der Waals surface area contributed by atoms with Crippen LogP contribution >= 0.6 is 0 Å². The summed E-state index contributed by atoms with van der Waals surface area (Å²) in [5.41, 5.74) is 1.18. The van der Waals surface area contributed by atoms with Gasteiger partial charge in [0.1, 0.15) is 18.1 Å². The van der Waals surface area contributed by atoms with Gasteiger partial charge in [-0.15, -0.1) is 0 Å². The number of cyclic esters (lactones) is 1. The van der Waals surface area contributed by atoms with Crippen molar-refractivity contribution in [2.24, 2.45) is 5.41 Å². The molecule has 1 heterocycles. The standard InChI is InChI=1S/C23H24O7/c1-13(23(22(25)26)9-4-10-23)30-19-16(7-8-18(27-2)20(19)28-3)14-5-6-17-15(11-14)12-29-21(17)24/h5-8,11,13H,4,9-10,12H2,1-3H3,(H,25,26)/i3D3. The minimum Gasteiger partial charge on any atom is -0.493 e. The van der Waals surface area contributed by atoms with Crippen LogP contribution in [0.4, 0.5) is 0 Å². The van der Waals surface area contributed by atoms with Gasteiger partial charge >= 0.3 is 11.9 Å². The number of carbonyl (C=O) groups is 2. The van der Waals surface area contributed by atoms with Gasteiger partial charge in [-0.3, -0.25) is 4.79 Å². The molecule has 0 bridgehead atoms. The number of esters is 1. The third-order valence-corrected chi connectivity index (χ3v) is 6.14. The fraction of sp³-hybridized carbons (Fsp3) is 0.391. The first-order chi connectivity index (χ1) is 15.6. The fourth-order valence-electron chi connectivity index (χ4n) is 4.09. The highest BCUT2D eigenvalue weighted by Gasteiger charge is 2.50. The molecule has 2 aromatic carbocycles. The van der Waals surface area contributed by atoms with Gasteiger partial charge in [-0.05, 0) is 49.6 Å². The molecule has 0 aromatic heterocycles. The van der Waals surface area contributed by atoms with Crippen molar-refractivity contribution >= 4 is 11.9 Å². The zero-order valence-corrected chi connectivity index (χ0v) is 16.7. The summed E-state index contributed by atoms with van der Waals surface area (Å²) in [5, 5.41) is 9.83. The van der Waals surface area contributed by atoms with E-state index in [0.717, 1.165) is 6.42 Å². The van der Waals surface area contributed by atoms with E-state index in [2.05, 4.69) is 0 Å². The summed E-state index contributed by atoms with van der Waals surface area (Å²) in [6, 6.07) is 8.32. The van der Waals surface area contributed by atoms with E-state index in [4.69, 9.17) is 23.1 Å². The fourth-order valence-corrected chi connectivity index (χ4v) is 4.09. The first-order valence-electron chi connectivity index (χ1n) is 11.2. The molecule has 4 rings (SSSR count). The molecule has 1 saturated carbocycles. The Kier molecular flexibility index (Phi) is 4.17. The Balaban J connectivity index is 1.85. The molecule has 2 aromatic rings. The molecule has 1 N–H and O–H groups in total. The zero-order chi connectivity index (χ0) is 24.0. The number of benzene rings is 2. The van der Waals surface area contributed by atoms with Gasteiger partial charge in [0.25, 0.3) is 0 Å². The van der Waals surface area contributed by atoms with Crippen molar-refractivity contribution in [2.45, 2.75) is 38.9 Å². The van der Waals surface area contributed by atoms with Crippen molar-refractivity contribution in [3.8, 4) is 28.4 Å². The summed E-state index contributed by atoms with van der Waals surface area (Å²) in [6.07, 6.45) is 0.906. The maximum atomic E-state index is 12.0. The van der Waals surface area contributed by atoms with Crippen LogP contribution in [0.1, 0.15) is 46.2 Å². The molecule has 158 valence electrons. The number of hydrogen-bond acceptors (Lipinski definition) is 6. The van der Waals surface area contributed by atoms with Crippen molar-refractivity contribution in [2.75, 3.05) is 14.1 Å². The highest BCUT2D eigenvalue weighted by molar-refractivity contribution is 5.94. The van der Waals surface area contributed by atoms with Crippen LogP contribution in [0.25, 0.3) is 11.1 Å². The Morgan fingerprint density at radius 3 is 2.60 bits per heavy atom. The molecule has 1 aliphatic carbocycles. The van der Waals surface area contributed by atoms with E-state index in [1.807, 2.05) is 0 Å². The minimum absolute atomic E-state index is 0.0655. The van der Waals surface area contributed by atoms with E-state index >= 15 is 0 Å². The van der Waals surface area contributed by atoms with Crippen molar-refractivity contribution in [3.05, 3.63) is 41.5 Å². The third kappa shape index (κ3) is 3.05. The zero-order valence-electron chi connectivity index (χ0n) is 19.7. The quantitative estimate of drug-likeness (QED) is 0.682. The lowest BCUT2D eigenvalue weighted by Gasteiger charge is -2.42. The molecule has 30 heavy (non-hydrogen) atoms. The Hall–Kier alpha value is -3.22. The van der Waals surface area contributed by atoms with Gasteiger partial charge in [-0.2, -0.15) is 0 Å². The summed E-state index contributed by atoms with van der Waals surface area (Å²) in [4.78, 5) is 23.8. The molecular formula is C23H24O7. The molecule has 0 amide bonds. The van der Waals surface area contributed by atoms with Gasteiger partial charge in [0.05, 0.1) is 23.8 Å². The van der Waals surface area contributed by atoms with E-state index in [0.29, 0.717) is 35.1 Å². The Bertz CT molecular complexity index is 1110. The first kappa shape index (κ1) is 16.6. The minimum atomic E-state index is -2.80. The molecule has 2 aliphatic rings. The number of methoxy groups -OCH3 is 2. The van der Waals surface area contributed by atoms with Crippen LogP contribution in [0.15, 0.2) is 30.3 Å². The van der Waals surface area contributed by atoms with Crippen molar-refractivity contribution in [3.63, 3.8) is 0 Å². The molecular weight excluding hydrogens is 388 g/mol. The largest absolute Gasteiger partial charge is 0.493 e. The summed E-state index contributed by atoms with van der Waals surface area (Å²) in [7, 11) is -1.43. The third-order valence-electron chi connectivity index (χ3n) is 6.14. The van der Waals surface area contributed by atoms with Gasteiger partial charge < -0.3 is 24.1 Å². The monoisotopic (exact) mass is 415 g/mol. The highest BCUT2D eigenvalue weighted by Crippen LogP contribution is 2.50. The Labute approximate surface area is 178 Å². The normalized spacial score (nSPS) is 19.3. The lowest BCUT2D eigenvalue weighted by atomic mass is 9.65. The van der Waals surface area contributed by atoms with Crippen LogP contribution in [-0.4, -0.2) is 37.3 Å². The molecule has 1 atom stereocenters. The number of carboxylic acid groups (broad SMARTS) is 1. The number of carbonyl (C=O) groups excluding carboxylic acids is 1. The topological polar surface area (TPSA) is 91.3 Å². The second-order valence-electron chi connectivity index (χ2n) is 7.60. The van der Waals surface area contributed by atoms with E-state index in [9.17, 15) is 14.7 Å². The lowest BCUT2D eigenvalue weighted by Crippen LogP contribution is -2.49. The van der Waals surface area contributed by atoms with E-state index in [1.54, 1.807) is 37.3 Å². The Morgan fingerprint density at radius 2 is 1.97 bits per heavy atom. The molecule has 1 aliphatic heterocycles. The molecule has 0 spiro atoms. The number of hydrogen-bond donors (Lipinski definition) is 1. The summed E-state index contributed by atoms with van der Waals surface area (Å²) >= 11 is 0. The van der Waals surface area contributed by atoms with Crippen LogP contribution in [0.2, 0.25) is 0 Å². The van der Waals surface area contributed by atoms with E-state index in [1.165, 1.54) is 7.11 Å². The molecule has 0 saturated heterocycles. The summed E-state index contributed by atoms with van der Waals surface area (Å²) in [5.74, 6) is -1.31. The predicted molar refractivity (Wildman–Crippen MR) is 108 cm³/mol. The van der Waals surface area contributed by atoms with Crippen molar-refractivity contribution in [1.82, 2.24) is 0 Å². The average Bonchev–Trinajstić information content (AvgIpc) is 3.07. The highest BCUT2D eigenvalue weighted by atomic mass is 16.5. The molecule has 7 heteroatoms. The van der Waals surface area contributed by atoms with Gasteiger partial charge in [0, 0.05) is 11.1 Å². The first-order valence-corrected chi connectivity index (χ1v) is 9.66. The van der Waals surface area contributed by atoms with Gasteiger partial charge in [-0.25, -0.2) is 4.79 Å². The molecule has 0 radical (unpaired) electrons. The summed E-state index contributed by atoms with van der Waals surface area (Å²) in [6.45, 7) is 1.79. The van der Waals surface area contributed by atoms with Crippen molar-refractivity contribution < 1.29 is 37.8 Å². The van der Waals surface area contributed by atoms with Crippen LogP contribution < -0.4 is 14.2 Å². The number of rotatable bonds is 7. The van der Waals surface area contributed by atoms with Gasteiger partial charge in [0.2, 0.25) is 5.75 Å². The number of ether oxygens (including phenoxy) is 4. The second-order valence-corrected chi connectivity index (χ2v) is 7.60. The van der Waals surface area contributed by atoms with Crippen molar-refractivity contribution in [1.29, 1.82) is 0 Å². The SMILES string of the molecule is [2H]C([2H])([2H])Oc1c(OC)ccc(-c2ccc3c(c2)COC3=O)c1OC(C)C1(C(=O)O)CCC1. The lowest BCUT2D eigenvalue weighted by molar-refractivity contribution is -0.162. The number of aliphatic carboxylic acids is 1. The predicted octanol–water partition coefficient (Wildman–Crippen LogP) is 4.06. The number of carboxylic acids is 1. The number of fused-ring (bicyclic) bond motifs is 1. The smallest absolute Gasteiger partial charge is 0.338 e. The van der Waals surface area contributed by atoms with Crippen LogP contribution in [0, 0.1) is 5.41 Å². The Morgan fingerprint density at radius 1 is 1.20 bits per heavy atom. The molecule has 1 fully saturated rings. The molecule has 1 unspecified atom stereocenters. The molecule has 7 nitrogen and oxygen atoms in total. The average molecular weight is 415 g/mol. The van der Waals surface area contributed by atoms with E-state index < -0.39 is 30.5 Å². The maximum Gasteiger partial charge on any atom is 0.338 e. The van der Waals surface area contributed by atoms with Crippen LogP contribution in [0.3, 0.4) is 0 Å². The van der Waals surface area contributed by atoms with Crippen LogP contribution in [-0.2, 0) is 16.1 Å².